The van der Waals surface area contributed by atoms with Crippen molar-refractivity contribution in [2.75, 3.05) is 25.1 Å². The molecule has 98 valence electrons. The van der Waals surface area contributed by atoms with Crippen molar-refractivity contribution in [1.29, 1.82) is 5.26 Å². The van der Waals surface area contributed by atoms with Crippen molar-refractivity contribution < 1.29 is 4.74 Å². The first-order valence-electron chi connectivity index (χ1n) is 6.20. The zero-order chi connectivity index (χ0) is 13.5. The van der Waals surface area contributed by atoms with Crippen LogP contribution in [0.2, 0.25) is 0 Å². The molecule has 0 amide bonds. The molecule has 4 nitrogen and oxygen atoms in total. The number of hydrogen-bond acceptors (Lipinski definition) is 4. The Bertz CT molecular complexity index is 424. The van der Waals surface area contributed by atoms with Gasteiger partial charge in [-0.25, -0.2) is 0 Å². The van der Waals surface area contributed by atoms with E-state index >= 15 is 0 Å². The van der Waals surface area contributed by atoms with Gasteiger partial charge in [-0.1, -0.05) is 6.07 Å². The Hall–Kier alpha value is -1.73. The lowest BCUT2D eigenvalue weighted by atomic mass is 10.0. The fourth-order valence-corrected chi connectivity index (χ4v) is 2.08. The fourth-order valence-electron chi connectivity index (χ4n) is 2.08. The van der Waals surface area contributed by atoms with Crippen LogP contribution in [0.5, 0.6) is 5.75 Å². The van der Waals surface area contributed by atoms with Gasteiger partial charge in [0, 0.05) is 30.4 Å². The van der Waals surface area contributed by atoms with Gasteiger partial charge in [0.15, 0.2) is 0 Å². The van der Waals surface area contributed by atoms with Gasteiger partial charge in [0.25, 0.3) is 0 Å². The molecule has 4 heteroatoms. The molecule has 0 saturated heterocycles. The summed E-state index contributed by atoms with van der Waals surface area (Å²) in [7, 11) is 1.65. The quantitative estimate of drug-likeness (QED) is 0.838. The third kappa shape index (κ3) is 3.14. The SMILES string of the molecule is CCN(CCC#N)c1cccc(OC)c1[C@H](C)N. The van der Waals surface area contributed by atoms with Crippen molar-refractivity contribution in [3.05, 3.63) is 23.8 Å². The lowest BCUT2D eigenvalue weighted by Gasteiger charge is -2.27. The number of rotatable bonds is 6. The monoisotopic (exact) mass is 247 g/mol. The molecule has 1 aromatic rings. The normalized spacial score (nSPS) is 11.7. The Morgan fingerprint density at radius 2 is 2.22 bits per heavy atom. The molecule has 1 rings (SSSR count). The molecular formula is C14H21N3O. The molecule has 0 spiro atoms. The molecule has 1 atom stereocenters. The topological polar surface area (TPSA) is 62.3 Å². The second-order valence-corrected chi connectivity index (χ2v) is 4.17. The molecular weight excluding hydrogens is 226 g/mol. The summed E-state index contributed by atoms with van der Waals surface area (Å²) in [6.45, 7) is 5.57. The lowest BCUT2D eigenvalue weighted by molar-refractivity contribution is 0.407. The maximum absolute atomic E-state index is 8.71. The highest BCUT2D eigenvalue weighted by atomic mass is 16.5. The zero-order valence-corrected chi connectivity index (χ0v) is 11.3. The Labute approximate surface area is 109 Å². The first kappa shape index (κ1) is 14.3. The Balaban J connectivity index is 3.17. The molecule has 1 aromatic carbocycles. The third-order valence-electron chi connectivity index (χ3n) is 2.93. The standard InChI is InChI=1S/C14H21N3O/c1-4-17(10-6-9-15)12-7-5-8-13(18-3)14(12)11(2)16/h5,7-8,11H,4,6,10,16H2,1-3H3/t11-/m0/s1. The van der Waals surface area contributed by atoms with Gasteiger partial charge in [0.1, 0.15) is 5.75 Å². The van der Waals surface area contributed by atoms with Crippen LogP contribution < -0.4 is 15.4 Å². The first-order valence-corrected chi connectivity index (χ1v) is 6.20. The summed E-state index contributed by atoms with van der Waals surface area (Å²) in [5.41, 5.74) is 8.10. The van der Waals surface area contributed by atoms with Gasteiger partial charge >= 0.3 is 0 Å². The van der Waals surface area contributed by atoms with Gasteiger partial charge in [-0.05, 0) is 26.0 Å². The number of benzene rings is 1. The van der Waals surface area contributed by atoms with Crippen molar-refractivity contribution in [1.82, 2.24) is 0 Å². The van der Waals surface area contributed by atoms with E-state index < -0.39 is 0 Å². The van der Waals surface area contributed by atoms with E-state index in [1.54, 1.807) is 7.11 Å². The maximum atomic E-state index is 8.71. The van der Waals surface area contributed by atoms with E-state index in [4.69, 9.17) is 15.7 Å². The van der Waals surface area contributed by atoms with Crippen LogP contribution in [0, 0.1) is 11.3 Å². The number of nitrogens with zero attached hydrogens (tertiary/aromatic N) is 2. The molecule has 0 heterocycles. The van der Waals surface area contributed by atoms with Crippen molar-refractivity contribution >= 4 is 5.69 Å². The van der Waals surface area contributed by atoms with Crippen molar-refractivity contribution in [3.63, 3.8) is 0 Å². The minimum Gasteiger partial charge on any atom is -0.496 e. The summed E-state index contributed by atoms with van der Waals surface area (Å²) in [5.74, 6) is 0.804. The van der Waals surface area contributed by atoms with Gasteiger partial charge in [0.2, 0.25) is 0 Å². The van der Waals surface area contributed by atoms with Crippen LogP contribution in [0.15, 0.2) is 18.2 Å². The molecule has 0 saturated carbocycles. The highest BCUT2D eigenvalue weighted by Gasteiger charge is 2.16. The second kappa shape index (κ2) is 6.87. The van der Waals surface area contributed by atoms with Crippen LogP contribution in [-0.4, -0.2) is 20.2 Å². The number of ether oxygens (including phenoxy) is 1. The van der Waals surface area contributed by atoms with E-state index in [9.17, 15) is 0 Å². The molecule has 0 aromatic heterocycles. The van der Waals surface area contributed by atoms with Crippen LogP contribution in [0.4, 0.5) is 5.69 Å². The minimum absolute atomic E-state index is 0.104. The zero-order valence-electron chi connectivity index (χ0n) is 11.3. The summed E-state index contributed by atoms with van der Waals surface area (Å²) in [6, 6.07) is 7.97. The van der Waals surface area contributed by atoms with E-state index in [1.807, 2.05) is 25.1 Å². The van der Waals surface area contributed by atoms with E-state index in [1.165, 1.54) is 0 Å². The molecule has 0 fully saturated rings. The molecule has 0 aliphatic carbocycles. The van der Waals surface area contributed by atoms with Gasteiger partial charge in [-0.15, -0.1) is 0 Å². The van der Waals surface area contributed by atoms with E-state index in [2.05, 4.69) is 17.9 Å². The summed E-state index contributed by atoms with van der Waals surface area (Å²) in [6.07, 6.45) is 0.503. The maximum Gasteiger partial charge on any atom is 0.125 e. The van der Waals surface area contributed by atoms with Gasteiger partial charge in [-0.3, -0.25) is 0 Å². The summed E-state index contributed by atoms with van der Waals surface area (Å²) < 4.78 is 5.37. The second-order valence-electron chi connectivity index (χ2n) is 4.17. The van der Waals surface area contributed by atoms with Crippen LogP contribution in [0.25, 0.3) is 0 Å². The predicted octanol–water partition coefficient (Wildman–Crippen LogP) is 2.45. The molecule has 0 radical (unpaired) electrons. The van der Waals surface area contributed by atoms with Gasteiger partial charge < -0.3 is 15.4 Å². The van der Waals surface area contributed by atoms with Gasteiger partial charge in [-0.2, -0.15) is 5.26 Å². The summed E-state index contributed by atoms with van der Waals surface area (Å²) >= 11 is 0. The average Bonchev–Trinajstić information content (AvgIpc) is 2.38. The number of hydrogen-bond donors (Lipinski definition) is 1. The van der Waals surface area contributed by atoms with Crippen LogP contribution in [0.1, 0.15) is 31.9 Å². The number of nitrogens with two attached hydrogens (primary N) is 1. The Morgan fingerprint density at radius 1 is 1.50 bits per heavy atom. The highest BCUT2D eigenvalue weighted by molar-refractivity contribution is 5.60. The molecule has 0 unspecified atom stereocenters. The van der Waals surface area contributed by atoms with Gasteiger partial charge in [0.05, 0.1) is 19.6 Å². The lowest BCUT2D eigenvalue weighted by Crippen LogP contribution is -2.26. The number of methoxy groups -OCH3 is 1. The average molecular weight is 247 g/mol. The van der Waals surface area contributed by atoms with E-state index in [-0.39, 0.29) is 6.04 Å². The Morgan fingerprint density at radius 3 is 2.72 bits per heavy atom. The van der Waals surface area contributed by atoms with Crippen LogP contribution in [-0.2, 0) is 0 Å². The van der Waals surface area contributed by atoms with Crippen LogP contribution >= 0.6 is 0 Å². The number of anilines is 1. The fraction of sp³-hybridized carbons (Fsp3) is 0.500. The first-order chi connectivity index (χ1) is 8.65. The van der Waals surface area contributed by atoms with Crippen molar-refractivity contribution in [2.45, 2.75) is 26.3 Å². The highest BCUT2D eigenvalue weighted by Crippen LogP contribution is 2.33. The molecule has 18 heavy (non-hydrogen) atoms. The predicted molar refractivity (Wildman–Crippen MR) is 73.7 cm³/mol. The largest absolute Gasteiger partial charge is 0.496 e. The van der Waals surface area contributed by atoms with E-state index in [0.717, 1.165) is 23.5 Å². The summed E-state index contributed by atoms with van der Waals surface area (Å²) in [4.78, 5) is 2.16. The van der Waals surface area contributed by atoms with Crippen molar-refractivity contribution in [3.8, 4) is 11.8 Å². The minimum atomic E-state index is -0.104. The van der Waals surface area contributed by atoms with E-state index in [0.29, 0.717) is 13.0 Å². The molecule has 0 bridgehead atoms. The third-order valence-corrected chi connectivity index (χ3v) is 2.93. The summed E-state index contributed by atoms with van der Waals surface area (Å²) in [5, 5.41) is 8.71. The van der Waals surface area contributed by atoms with Crippen molar-refractivity contribution in [2.24, 2.45) is 5.73 Å². The molecule has 0 aliphatic rings. The number of nitriles is 1. The van der Waals surface area contributed by atoms with Crippen LogP contribution in [0.3, 0.4) is 0 Å². The smallest absolute Gasteiger partial charge is 0.125 e. The Kier molecular flexibility index (Phi) is 5.47. The molecule has 0 aliphatic heterocycles. The molecule has 2 N–H and O–H groups in total.